The molecule has 1 N–H and O–H groups in total. The summed E-state index contributed by atoms with van der Waals surface area (Å²) in [4.78, 5) is 2.59. The predicted octanol–water partition coefficient (Wildman–Crippen LogP) is 1.93. The van der Waals surface area contributed by atoms with Crippen LogP contribution in [0.3, 0.4) is 0 Å². The van der Waals surface area contributed by atoms with Gasteiger partial charge in [-0.2, -0.15) is 0 Å². The fraction of sp³-hybridized carbons (Fsp3) is 0.647. The first kappa shape index (κ1) is 14.7. The molecule has 1 aromatic carbocycles. The van der Waals surface area contributed by atoms with Gasteiger partial charge in [0.25, 0.3) is 0 Å². The molecule has 0 spiro atoms. The molecule has 2 bridgehead atoms. The van der Waals surface area contributed by atoms with Crippen LogP contribution in [0.2, 0.25) is 0 Å². The van der Waals surface area contributed by atoms with Crippen LogP contribution in [-0.2, 0) is 6.42 Å². The zero-order valence-electron chi connectivity index (χ0n) is 13.1. The van der Waals surface area contributed by atoms with Crippen LogP contribution in [0.25, 0.3) is 0 Å². The maximum absolute atomic E-state index is 5.36. The van der Waals surface area contributed by atoms with E-state index in [4.69, 9.17) is 9.47 Å². The van der Waals surface area contributed by atoms with Crippen molar-refractivity contribution in [2.75, 3.05) is 40.4 Å². The Labute approximate surface area is 127 Å². The summed E-state index contributed by atoms with van der Waals surface area (Å²) in [6, 6.07) is 6.91. The zero-order chi connectivity index (χ0) is 14.7. The van der Waals surface area contributed by atoms with Gasteiger partial charge in [-0.3, -0.25) is 0 Å². The molecule has 21 heavy (non-hydrogen) atoms. The van der Waals surface area contributed by atoms with E-state index >= 15 is 0 Å². The first-order valence-electron chi connectivity index (χ1n) is 7.97. The number of piperidine rings is 1. The van der Waals surface area contributed by atoms with Gasteiger partial charge in [0.15, 0.2) is 11.5 Å². The van der Waals surface area contributed by atoms with Gasteiger partial charge in [-0.1, -0.05) is 6.07 Å². The lowest BCUT2D eigenvalue weighted by molar-refractivity contribution is 0.222. The van der Waals surface area contributed by atoms with E-state index in [1.165, 1.54) is 38.0 Å². The molecule has 2 fully saturated rings. The van der Waals surface area contributed by atoms with Crippen LogP contribution < -0.4 is 14.8 Å². The highest BCUT2D eigenvalue weighted by Gasteiger charge is 2.33. The highest BCUT2D eigenvalue weighted by atomic mass is 16.5. The minimum atomic E-state index is 0.712. The van der Waals surface area contributed by atoms with Crippen LogP contribution in [0.5, 0.6) is 11.5 Å². The summed E-state index contributed by atoms with van der Waals surface area (Å²) >= 11 is 0. The molecule has 2 aliphatic heterocycles. The number of ether oxygens (including phenoxy) is 2. The fourth-order valence-electron chi connectivity index (χ4n) is 3.66. The standard InChI is InChI=1S/C17H26N2O2/c1-20-16-4-3-13(11-17(16)21-2)5-8-18-15-7-10-19-9-6-14(15)12-19/h3-4,11,14-15,18H,5-10,12H2,1-2H3. The second-order valence-electron chi connectivity index (χ2n) is 6.14. The summed E-state index contributed by atoms with van der Waals surface area (Å²) in [5.41, 5.74) is 1.30. The summed E-state index contributed by atoms with van der Waals surface area (Å²) < 4.78 is 10.6. The molecule has 0 aliphatic carbocycles. The molecular formula is C17H26N2O2. The van der Waals surface area contributed by atoms with Crippen LogP contribution in [0.15, 0.2) is 18.2 Å². The summed E-state index contributed by atoms with van der Waals surface area (Å²) in [6.07, 6.45) is 3.71. The second kappa shape index (κ2) is 6.67. The number of fused-ring (bicyclic) bond motifs is 2. The van der Waals surface area contributed by atoms with Crippen LogP contribution >= 0.6 is 0 Å². The minimum absolute atomic E-state index is 0.712. The number of benzene rings is 1. The van der Waals surface area contributed by atoms with E-state index < -0.39 is 0 Å². The first-order valence-corrected chi connectivity index (χ1v) is 7.97. The van der Waals surface area contributed by atoms with Gasteiger partial charge in [0.1, 0.15) is 0 Å². The van der Waals surface area contributed by atoms with Crippen molar-refractivity contribution in [1.29, 1.82) is 0 Å². The van der Waals surface area contributed by atoms with Gasteiger partial charge in [-0.25, -0.2) is 0 Å². The molecule has 3 atom stereocenters. The third kappa shape index (κ3) is 3.33. The topological polar surface area (TPSA) is 33.7 Å². The van der Waals surface area contributed by atoms with Crippen molar-refractivity contribution >= 4 is 0 Å². The van der Waals surface area contributed by atoms with E-state index in [1.807, 2.05) is 6.07 Å². The Morgan fingerprint density at radius 1 is 1.14 bits per heavy atom. The maximum Gasteiger partial charge on any atom is 0.160 e. The Morgan fingerprint density at radius 3 is 2.76 bits per heavy atom. The smallest absolute Gasteiger partial charge is 0.160 e. The molecule has 2 aliphatic rings. The number of hydrogen-bond donors (Lipinski definition) is 1. The largest absolute Gasteiger partial charge is 0.493 e. The van der Waals surface area contributed by atoms with Gasteiger partial charge in [-0.05, 0) is 62.5 Å². The summed E-state index contributed by atoms with van der Waals surface area (Å²) in [7, 11) is 3.36. The Kier molecular flexibility index (Phi) is 4.66. The van der Waals surface area contributed by atoms with Crippen LogP contribution in [0.4, 0.5) is 0 Å². The number of nitrogens with zero attached hydrogens (tertiary/aromatic N) is 1. The van der Waals surface area contributed by atoms with Gasteiger partial charge in [-0.15, -0.1) is 0 Å². The van der Waals surface area contributed by atoms with Crippen molar-refractivity contribution < 1.29 is 9.47 Å². The van der Waals surface area contributed by atoms with E-state index in [2.05, 4.69) is 22.3 Å². The van der Waals surface area contributed by atoms with Gasteiger partial charge in [0.05, 0.1) is 14.2 Å². The van der Waals surface area contributed by atoms with Gasteiger partial charge < -0.3 is 19.7 Å². The number of rotatable bonds is 6. The van der Waals surface area contributed by atoms with Gasteiger partial charge in [0, 0.05) is 12.6 Å². The van der Waals surface area contributed by atoms with Gasteiger partial charge >= 0.3 is 0 Å². The lowest BCUT2D eigenvalue weighted by atomic mass is 9.94. The predicted molar refractivity (Wildman–Crippen MR) is 84.2 cm³/mol. The van der Waals surface area contributed by atoms with E-state index in [0.29, 0.717) is 6.04 Å². The normalized spacial score (nSPS) is 27.6. The molecule has 4 nitrogen and oxygen atoms in total. The molecule has 116 valence electrons. The van der Waals surface area contributed by atoms with E-state index in [-0.39, 0.29) is 0 Å². The molecule has 3 unspecified atom stereocenters. The average molecular weight is 290 g/mol. The summed E-state index contributed by atoms with van der Waals surface area (Å²) in [6.45, 7) is 4.91. The van der Waals surface area contributed by atoms with Crippen molar-refractivity contribution in [2.45, 2.75) is 25.3 Å². The van der Waals surface area contributed by atoms with E-state index in [0.717, 1.165) is 30.4 Å². The number of hydrogen-bond acceptors (Lipinski definition) is 4. The Bertz CT molecular complexity index is 478. The molecule has 2 saturated heterocycles. The minimum Gasteiger partial charge on any atom is -0.493 e. The molecule has 4 heteroatoms. The van der Waals surface area contributed by atoms with Crippen LogP contribution in [0.1, 0.15) is 18.4 Å². The SMILES string of the molecule is COc1ccc(CCNC2CCN3CCC2C3)cc1OC. The Morgan fingerprint density at radius 2 is 1.95 bits per heavy atom. The highest BCUT2D eigenvalue weighted by Crippen LogP contribution is 2.28. The third-order valence-electron chi connectivity index (χ3n) is 4.90. The van der Waals surface area contributed by atoms with Crippen molar-refractivity contribution in [3.05, 3.63) is 23.8 Å². The molecule has 0 amide bonds. The summed E-state index contributed by atoms with van der Waals surface area (Å²) in [5.74, 6) is 2.48. The van der Waals surface area contributed by atoms with Crippen molar-refractivity contribution in [3.63, 3.8) is 0 Å². The monoisotopic (exact) mass is 290 g/mol. The molecule has 3 rings (SSSR count). The fourth-order valence-corrected chi connectivity index (χ4v) is 3.66. The molecule has 0 saturated carbocycles. The zero-order valence-corrected chi connectivity index (χ0v) is 13.1. The maximum atomic E-state index is 5.36. The van der Waals surface area contributed by atoms with E-state index in [9.17, 15) is 0 Å². The first-order chi connectivity index (χ1) is 10.3. The van der Waals surface area contributed by atoms with E-state index in [1.54, 1.807) is 14.2 Å². The number of nitrogens with one attached hydrogen (secondary N) is 1. The summed E-state index contributed by atoms with van der Waals surface area (Å²) in [5, 5.41) is 3.77. The molecule has 0 aromatic heterocycles. The molecule has 2 heterocycles. The molecular weight excluding hydrogens is 264 g/mol. The van der Waals surface area contributed by atoms with Crippen LogP contribution in [0, 0.1) is 5.92 Å². The molecule has 1 aromatic rings. The lowest BCUT2D eigenvalue weighted by Gasteiger charge is -2.31. The van der Waals surface area contributed by atoms with Gasteiger partial charge in [0.2, 0.25) is 0 Å². The average Bonchev–Trinajstić information content (AvgIpc) is 2.91. The second-order valence-corrected chi connectivity index (χ2v) is 6.14. The van der Waals surface area contributed by atoms with Crippen LogP contribution in [-0.4, -0.2) is 51.3 Å². The quantitative estimate of drug-likeness (QED) is 0.868. The Hall–Kier alpha value is -1.26. The number of methoxy groups -OCH3 is 2. The van der Waals surface area contributed by atoms with Crippen molar-refractivity contribution in [2.24, 2.45) is 5.92 Å². The highest BCUT2D eigenvalue weighted by molar-refractivity contribution is 5.42. The van der Waals surface area contributed by atoms with Crippen molar-refractivity contribution in [3.8, 4) is 11.5 Å². The Balaban J connectivity index is 1.51. The molecule has 0 radical (unpaired) electrons. The van der Waals surface area contributed by atoms with Crippen molar-refractivity contribution in [1.82, 2.24) is 10.2 Å². The third-order valence-corrected chi connectivity index (χ3v) is 4.90. The lowest BCUT2D eigenvalue weighted by Crippen LogP contribution is -2.44.